The lowest BCUT2D eigenvalue weighted by molar-refractivity contribution is 0.250. The highest BCUT2D eigenvalue weighted by molar-refractivity contribution is 6.30. The molecule has 1 heterocycles. The summed E-state index contributed by atoms with van der Waals surface area (Å²) in [5, 5.41) is 9.61. The minimum absolute atomic E-state index is 0.514. The maximum Gasteiger partial charge on any atom is 0.118 e. The second kappa shape index (κ2) is 16.6. The van der Waals surface area contributed by atoms with Gasteiger partial charge in [-0.05, 0) is 75.0 Å². The van der Waals surface area contributed by atoms with E-state index in [1.807, 2.05) is 64.1 Å². The number of ether oxygens (including phenoxy) is 1. The van der Waals surface area contributed by atoms with Crippen LogP contribution in [0.2, 0.25) is 5.02 Å². The first-order valence-electron chi connectivity index (χ1n) is 11.5. The van der Waals surface area contributed by atoms with Crippen molar-refractivity contribution in [3.05, 3.63) is 64.2 Å². The minimum Gasteiger partial charge on any atom is -0.497 e. The van der Waals surface area contributed by atoms with Crippen LogP contribution < -0.4 is 4.74 Å². The summed E-state index contributed by atoms with van der Waals surface area (Å²) < 4.78 is 4.97. The van der Waals surface area contributed by atoms with Crippen LogP contribution in [-0.2, 0) is 6.42 Å². The molecular formula is C27H41ClN2O. The number of nitriles is 1. The van der Waals surface area contributed by atoms with Gasteiger partial charge in [-0.15, -0.1) is 0 Å². The molecule has 0 saturated carbocycles. The number of halogens is 1. The Morgan fingerprint density at radius 3 is 2.23 bits per heavy atom. The van der Waals surface area contributed by atoms with E-state index in [2.05, 4.69) is 31.7 Å². The third-order valence-corrected chi connectivity index (χ3v) is 5.17. The second-order valence-corrected chi connectivity index (χ2v) is 7.86. The molecule has 1 aliphatic rings. The van der Waals surface area contributed by atoms with Gasteiger partial charge in [0, 0.05) is 17.6 Å². The molecule has 0 bridgehead atoms. The fourth-order valence-electron chi connectivity index (χ4n) is 3.35. The van der Waals surface area contributed by atoms with Gasteiger partial charge in [0.15, 0.2) is 0 Å². The fourth-order valence-corrected chi connectivity index (χ4v) is 3.60. The SMILES string of the molecule is CC.CC.CC1CCN(C(C)Cc2cc(Cl)cc(C#N)c2)C1.COc1ccc(C)cc1. The van der Waals surface area contributed by atoms with E-state index in [4.69, 9.17) is 21.6 Å². The highest BCUT2D eigenvalue weighted by Gasteiger charge is 2.23. The fraction of sp³-hybridized carbons (Fsp3) is 0.519. The monoisotopic (exact) mass is 444 g/mol. The van der Waals surface area contributed by atoms with Crippen LogP contribution in [0.15, 0.2) is 42.5 Å². The summed E-state index contributed by atoms with van der Waals surface area (Å²) in [6.07, 6.45) is 2.26. The molecule has 2 aromatic rings. The highest BCUT2D eigenvalue weighted by Crippen LogP contribution is 2.22. The van der Waals surface area contributed by atoms with E-state index in [1.54, 1.807) is 13.2 Å². The van der Waals surface area contributed by atoms with E-state index < -0.39 is 0 Å². The molecule has 3 nitrogen and oxygen atoms in total. The third kappa shape index (κ3) is 11.2. The van der Waals surface area contributed by atoms with E-state index in [1.165, 1.54) is 25.1 Å². The van der Waals surface area contributed by atoms with Gasteiger partial charge in [0.25, 0.3) is 0 Å². The number of benzene rings is 2. The average Bonchev–Trinajstić information content (AvgIpc) is 3.23. The predicted octanol–water partition coefficient (Wildman–Crippen LogP) is 7.54. The molecule has 2 aromatic carbocycles. The smallest absolute Gasteiger partial charge is 0.118 e. The number of aryl methyl sites for hydroxylation is 1. The van der Waals surface area contributed by atoms with Crippen molar-refractivity contribution in [3.63, 3.8) is 0 Å². The molecule has 31 heavy (non-hydrogen) atoms. The summed E-state index contributed by atoms with van der Waals surface area (Å²) in [6.45, 7) is 17.0. The second-order valence-electron chi connectivity index (χ2n) is 7.42. The number of methoxy groups -OCH3 is 1. The first-order chi connectivity index (χ1) is 14.9. The predicted molar refractivity (Wildman–Crippen MR) is 135 cm³/mol. The van der Waals surface area contributed by atoms with Crippen molar-refractivity contribution in [2.24, 2.45) is 5.92 Å². The number of likely N-dealkylation sites (tertiary alicyclic amines) is 1. The van der Waals surface area contributed by atoms with Crippen LogP contribution in [0.4, 0.5) is 0 Å². The molecule has 1 fully saturated rings. The van der Waals surface area contributed by atoms with E-state index in [9.17, 15) is 0 Å². The zero-order valence-corrected chi connectivity index (χ0v) is 21.5. The van der Waals surface area contributed by atoms with E-state index in [0.717, 1.165) is 23.7 Å². The van der Waals surface area contributed by atoms with Crippen LogP contribution in [0.25, 0.3) is 0 Å². The Morgan fingerprint density at radius 1 is 1.13 bits per heavy atom. The lowest BCUT2D eigenvalue weighted by Gasteiger charge is -2.24. The lowest BCUT2D eigenvalue weighted by Crippen LogP contribution is -2.32. The third-order valence-electron chi connectivity index (χ3n) is 4.95. The average molecular weight is 445 g/mol. The van der Waals surface area contributed by atoms with Crippen molar-refractivity contribution in [1.29, 1.82) is 5.26 Å². The van der Waals surface area contributed by atoms with Crippen molar-refractivity contribution in [2.75, 3.05) is 20.2 Å². The van der Waals surface area contributed by atoms with Crippen molar-refractivity contribution in [2.45, 2.75) is 67.3 Å². The Morgan fingerprint density at radius 2 is 1.74 bits per heavy atom. The standard InChI is InChI=1S/C15H19ClN2.C8H10O.2C2H6/c1-11-3-4-18(10-11)12(2)5-13-6-14(9-17)8-15(16)7-13;1-7-3-5-8(9-2)6-4-7;2*1-2/h6-8,11-12H,3-5,10H2,1-2H3;3-6H,1-2H3;2*1-2H3. The molecule has 0 radical (unpaired) electrons. The molecule has 0 aliphatic carbocycles. The van der Waals surface area contributed by atoms with Crippen molar-refractivity contribution in [1.82, 2.24) is 4.90 Å². The summed E-state index contributed by atoms with van der Waals surface area (Å²) >= 11 is 6.03. The molecule has 4 heteroatoms. The quantitative estimate of drug-likeness (QED) is 0.488. The van der Waals surface area contributed by atoms with E-state index in [-0.39, 0.29) is 0 Å². The molecule has 3 rings (SSSR count). The molecule has 2 unspecified atom stereocenters. The Bertz CT molecular complexity index is 768. The molecule has 1 aliphatic heterocycles. The van der Waals surface area contributed by atoms with Gasteiger partial charge in [-0.25, -0.2) is 0 Å². The molecule has 0 spiro atoms. The molecule has 1 saturated heterocycles. The number of nitrogens with zero attached hydrogens (tertiary/aromatic N) is 2. The van der Waals surface area contributed by atoms with Crippen molar-refractivity contribution in [3.8, 4) is 11.8 Å². The van der Waals surface area contributed by atoms with Crippen LogP contribution >= 0.6 is 11.6 Å². The van der Waals surface area contributed by atoms with Gasteiger partial charge in [0.1, 0.15) is 5.75 Å². The minimum atomic E-state index is 0.514. The summed E-state index contributed by atoms with van der Waals surface area (Å²) in [5.41, 5.74) is 3.07. The molecule has 172 valence electrons. The molecule has 0 aromatic heterocycles. The maximum absolute atomic E-state index is 8.95. The summed E-state index contributed by atoms with van der Waals surface area (Å²) in [6, 6.07) is 16.3. The van der Waals surface area contributed by atoms with Crippen LogP contribution in [0.5, 0.6) is 5.75 Å². The number of rotatable bonds is 4. The van der Waals surface area contributed by atoms with Crippen LogP contribution in [-0.4, -0.2) is 31.1 Å². The largest absolute Gasteiger partial charge is 0.497 e. The number of hydrogen-bond donors (Lipinski definition) is 0. The van der Waals surface area contributed by atoms with Crippen LogP contribution in [0.1, 0.15) is 64.7 Å². The molecular weight excluding hydrogens is 404 g/mol. The Balaban J connectivity index is 0.000000582. The Labute approximate surface area is 196 Å². The summed E-state index contributed by atoms with van der Waals surface area (Å²) in [5.74, 6) is 1.72. The number of hydrogen-bond acceptors (Lipinski definition) is 3. The van der Waals surface area contributed by atoms with Gasteiger partial charge in [-0.2, -0.15) is 5.26 Å². The van der Waals surface area contributed by atoms with Gasteiger partial charge >= 0.3 is 0 Å². The van der Waals surface area contributed by atoms with Gasteiger partial charge in [-0.1, -0.05) is 63.9 Å². The first-order valence-corrected chi connectivity index (χ1v) is 11.8. The molecule has 0 N–H and O–H groups in total. The van der Waals surface area contributed by atoms with Crippen LogP contribution in [0, 0.1) is 24.2 Å². The molecule has 0 amide bonds. The lowest BCUT2D eigenvalue weighted by atomic mass is 10.0. The zero-order chi connectivity index (χ0) is 23.8. The van der Waals surface area contributed by atoms with Crippen LogP contribution in [0.3, 0.4) is 0 Å². The van der Waals surface area contributed by atoms with Gasteiger partial charge in [0.2, 0.25) is 0 Å². The van der Waals surface area contributed by atoms with Gasteiger partial charge in [0.05, 0.1) is 18.7 Å². The zero-order valence-electron chi connectivity index (χ0n) is 20.7. The summed E-state index contributed by atoms with van der Waals surface area (Å²) in [4.78, 5) is 2.53. The summed E-state index contributed by atoms with van der Waals surface area (Å²) in [7, 11) is 1.67. The van der Waals surface area contributed by atoms with E-state index >= 15 is 0 Å². The normalized spacial score (nSPS) is 15.7. The Kier molecular flexibility index (Phi) is 15.6. The van der Waals surface area contributed by atoms with Crippen molar-refractivity contribution >= 4 is 11.6 Å². The maximum atomic E-state index is 8.95. The van der Waals surface area contributed by atoms with Gasteiger partial charge in [-0.3, -0.25) is 0 Å². The van der Waals surface area contributed by atoms with Crippen molar-refractivity contribution < 1.29 is 4.74 Å². The molecule has 2 atom stereocenters. The van der Waals surface area contributed by atoms with E-state index in [0.29, 0.717) is 16.6 Å². The van der Waals surface area contributed by atoms with Gasteiger partial charge < -0.3 is 9.64 Å². The first kappa shape index (κ1) is 29.0. The topological polar surface area (TPSA) is 36.3 Å². The Hall–Kier alpha value is -2.02. The highest BCUT2D eigenvalue weighted by atomic mass is 35.5.